The van der Waals surface area contributed by atoms with E-state index < -0.39 is 22.8 Å². The maximum absolute atomic E-state index is 13.9. The molecule has 13 heteroatoms. The van der Waals surface area contributed by atoms with Crippen LogP contribution in [0.2, 0.25) is 0 Å². The van der Waals surface area contributed by atoms with Gasteiger partial charge in [0.1, 0.15) is 11.8 Å². The minimum absolute atomic E-state index is 0.0267. The molecule has 2 N–H and O–H groups in total. The van der Waals surface area contributed by atoms with E-state index in [1.807, 2.05) is 41.2 Å². The average Bonchev–Trinajstić information content (AvgIpc) is 3.76. The number of nitrogens with one attached hydrogen (secondary N) is 1. The Morgan fingerprint density at radius 3 is 2.40 bits per heavy atom. The number of amides is 2. The first kappa shape index (κ1) is 32.7. The molecule has 2 heterocycles. The number of nitro groups is 1. The number of anilines is 1. The molecule has 1 atom stereocenters. The van der Waals surface area contributed by atoms with Crippen molar-refractivity contribution in [1.82, 2.24) is 14.9 Å². The molecule has 0 saturated heterocycles. The summed E-state index contributed by atoms with van der Waals surface area (Å²) in [6.07, 6.45) is 5.53. The summed E-state index contributed by atoms with van der Waals surface area (Å²) in [4.78, 5) is 54.7. The van der Waals surface area contributed by atoms with Crippen LogP contribution < -0.4 is 10.2 Å². The van der Waals surface area contributed by atoms with Crippen LogP contribution in [0.5, 0.6) is 0 Å². The van der Waals surface area contributed by atoms with Crippen molar-refractivity contribution in [3.8, 4) is 11.3 Å². The molecular formula is C34H31N5O7S. The first-order valence-electron chi connectivity index (χ1n) is 14.6. The molecule has 240 valence electrons. The van der Waals surface area contributed by atoms with Crippen molar-refractivity contribution in [3.63, 3.8) is 0 Å². The average molecular weight is 654 g/mol. The van der Waals surface area contributed by atoms with Gasteiger partial charge in [-0.1, -0.05) is 30.3 Å². The van der Waals surface area contributed by atoms with Gasteiger partial charge in [-0.25, -0.2) is 9.78 Å². The van der Waals surface area contributed by atoms with Gasteiger partial charge in [-0.2, -0.15) is 11.8 Å². The molecule has 0 aliphatic heterocycles. The lowest BCUT2D eigenvalue weighted by atomic mass is 10.1. The van der Waals surface area contributed by atoms with Crippen LogP contribution in [0.3, 0.4) is 0 Å². The van der Waals surface area contributed by atoms with Gasteiger partial charge < -0.3 is 24.3 Å². The fourth-order valence-corrected chi connectivity index (χ4v) is 5.34. The van der Waals surface area contributed by atoms with Crippen LogP contribution in [0, 0.1) is 10.1 Å². The van der Waals surface area contributed by atoms with Gasteiger partial charge in [0, 0.05) is 41.7 Å². The highest BCUT2D eigenvalue weighted by Gasteiger charge is 2.24. The Labute approximate surface area is 274 Å². The summed E-state index contributed by atoms with van der Waals surface area (Å²) in [7, 11) is 0. The number of non-ortho nitro benzene ring substituents is 1. The molecule has 5 aromatic rings. The molecule has 0 spiro atoms. The Bertz CT molecular complexity index is 1850. The van der Waals surface area contributed by atoms with Crippen molar-refractivity contribution in [3.05, 3.63) is 136 Å². The van der Waals surface area contributed by atoms with E-state index >= 15 is 0 Å². The molecule has 0 bridgehead atoms. The number of furan rings is 1. The lowest BCUT2D eigenvalue weighted by molar-refractivity contribution is -0.384. The maximum atomic E-state index is 13.9. The fraction of sp³-hybridized carbons (Fsp3) is 0.176. The van der Waals surface area contributed by atoms with Crippen LogP contribution in [-0.4, -0.2) is 55.4 Å². The van der Waals surface area contributed by atoms with E-state index in [0.29, 0.717) is 29.3 Å². The van der Waals surface area contributed by atoms with Gasteiger partial charge in [-0.15, -0.1) is 0 Å². The zero-order valence-electron chi connectivity index (χ0n) is 25.3. The highest BCUT2D eigenvalue weighted by Crippen LogP contribution is 2.28. The van der Waals surface area contributed by atoms with E-state index in [1.165, 1.54) is 42.1 Å². The Hall–Kier alpha value is -5.69. The summed E-state index contributed by atoms with van der Waals surface area (Å²) in [6.45, 7) is 0.711. The third-order valence-electron chi connectivity index (χ3n) is 7.39. The van der Waals surface area contributed by atoms with Gasteiger partial charge in [-0.05, 0) is 72.5 Å². The number of imidazole rings is 1. The van der Waals surface area contributed by atoms with Crippen LogP contribution in [0.15, 0.2) is 108 Å². The molecule has 0 fully saturated rings. The SMILES string of the molecule is CSCCC(NC(=O)c1ccc(-c2ccc(N(Cc3cncn3Cc3ccccc3)C(=O)c3ccc([N+](=O)[O-])cc3)cc2)o1)C(=O)O. The number of benzene rings is 3. The first-order valence-corrected chi connectivity index (χ1v) is 15.9. The fourth-order valence-electron chi connectivity index (χ4n) is 4.87. The van der Waals surface area contributed by atoms with Gasteiger partial charge in [0.25, 0.3) is 17.5 Å². The predicted molar refractivity (Wildman–Crippen MR) is 177 cm³/mol. The Morgan fingerprint density at radius 2 is 1.74 bits per heavy atom. The lowest BCUT2D eigenvalue weighted by Crippen LogP contribution is -2.41. The number of nitrogens with zero attached hydrogens (tertiary/aromatic N) is 4. The molecule has 0 radical (unpaired) electrons. The maximum Gasteiger partial charge on any atom is 0.326 e. The normalized spacial score (nSPS) is 11.5. The van der Waals surface area contributed by atoms with Gasteiger partial charge in [-0.3, -0.25) is 19.7 Å². The minimum Gasteiger partial charge on any atom is -0.480 e. The van der Waals surface area contributed by atoms with E-state index in [2.05, 4.69) is 10.3 Å². The van der Waals surface area contributed by atoms with E-state index in [9.17, 15) is 29.6 Å². The largest absolute Gasteiger partial charge is 0.480 e. The topological polar surface area (TPSA) is 161 Å². The first-order chi connectivity index (χ1) is 22.7. The standard InChI is InChI=1S/C34H31N5O7S/c1-47-18-17-29(34(42)43)36-32(40)31-16-15-30(46-31)24-7-11-26(12-8-24)38(33(41)25-9-13-27(14-10-25)39(44)45)21-28-19-35-22-37(28)20-23-5-3-2-4-6-23/h2-16,19,22,29H,17-18,20-21H2,1H3,(H,36,40)(H,42,43). The lowest BCUT2D eigenvalue weighted by Gasteiger charge is -2.24. The highest BCUT2D eigenvalue weighted by atomic mass is 32.2. The minimum atomic E-state index is -1.12. The number of carboxylic acid groups (broad SMARTS) is 1. The predicted octanol–water partition coefficient (Wildman–Crippen LogP) is 5.88. The number of rotatable bonds is 14. The molecule has 0 aliphatic rings. The smallest absolute Gasteiger partial charge is 0.326 e. The summed E-state index contributed by atoms with van der Waals surface area (Å²) in [5, 5.41) is 23.1. The molecular weight excluding hydrogens is 622 g/mol. The molecule has 0 aliphatic carbocycles. The molecule has 5 rings (SSSR count). The molecule has 0 saturated carbocycles. The quantitative estimate of drug-likeness (QED) is 0.110. The zero-order chi connectivity index (χ0) is 33.3. The summed E-state index contributed by atoms with van der Waals surface area (Å²) in [5.41, 5.74) is 3.16. The van der Waals surface area contributed by atoms with Crippen molar-refractivity contribution < 1.29 is 28.8 Å². The number of aromatic nitrogens is 2. The van der Waals surface area contributed by atoms with Crippen molar-refractivity contribution in [2.75, 3.05) is 16.9 Å². The second-order valence-electron chi connectivity index (χ2n) is 10.6. The van der Waals surface area contributed by atoms with Crippen molar-refractivity contribution in [2.24, 2.45) is 0 Å². The van der Waals surface area contributed by atoms with E-state index in [-0.39, 0.29) is 35.9 Å². The third kappa shape index (κ3) is 8.13. The number of thioether (sulfide) groups is 1. The number of carbonyl (C=O) groups is 3. The second kappa shape index (κ2) is 15.1. The molecule has 12 nitrogen and oxygen atoms in total. The molecule has 2 amide bonds. The molecule has 3 aromatic carbocycles. The van der Waals surface area contributed by atoms with E-state index in [4.69, 9.17) is 4.42 Å². The van der Waals surface area contributed by atoms with Crippen LogP contribution >= 0.6 is 11.8 Å². The highest BCUT2D eigenvalue weighted by molar-refractivity contribution is 7.98. The number of hydrogen-bond acceptors (Lipinski definition) is 8. The Kier molecular flexibility index (Phi) is 10.5. The van der Waals surface area contributed by atoms with E-state index in [0.717, 1.165) is 11.3 Å². The van der Waals surface area contributed by atoms with Crippen LogP contribution in [0.1, 0.15) is 38.6 Å². The summed E-state index contributed by atoms with van der Waals surface area (Å²) >= 11 is 1.49. The second-order valence-corrected chi connectivity index (χ2v) is 11.5. The number of carbonyl (C=O) groups excluding carboxylic acids is 2. The summed E-state index contributed by atoms with van der Waals surface area (Å²) in [6, 6.07) is 24.3. The van der Waals surface area contributed by atoms with E-state index in [1.54, 1.807) is 47.8 Å². The van der Waals surface area contributed by atoms with Gasteiger partial charge in [0.2, 0.25) is 0 Å². The number of nitro benzene ring substituents is 1. The zero-order valence-corrected chi connectivity index (χ0v) is 26.1. The third-order valence-corrected chi connectivity index (χ3v) is 8.04. The number of aliphatic carboxylic acids is 1. The molecule has 2 aromatic heterocycles. The van der Waals surface area contributed by atoms with Gasteiger partial charge in [0.15, 0.2) is 5.76 Å². The summed E-state index contributed by atoms with van der Waals surface area (Å²) < 4.78 is 7.71. The Morgan fingerprint density at radius 1 is 1.02 bits per heavy atom. The summed E-state index contributed by atoms with van der Waals surface area (Å²) in [5.74, 6) is -1.19. The molecule has 47 heavy (non-hydrogen) atoms. The van der Waals surface area contributed by atoms with Crippen LogP contribution in [0.25, 0.3) is 11.3 Å². The van der Waals surface area contributed by atoms with Crippen molar-refractivity contribution >= 4 is 40.9 Å². The van der Waals surface area contributed by atoms with Gasteiger partial charge in [0.05, 0.1) is 23.5 Å². The number of carboxylic acids is 1. The number of hydrogen-bond donors (Lipinski definition) is 2. The van der Waals surface area contributed by atoms with Gasteiger partial charge >= 0.3 is 5.97 Å². The monoisotopic (exact) mass is 653 g/mol. The molecule has 1 unspecified atom stereocenters. The van der Waals surface area contributed by atoms with Crippen molar-refractivity contribution in [2.45, 2.75) is 25.6 Å². The van der Waals surface area contributed by atoms with Crippen molar-refractivity contribution in [1.29, 1.82) is 0 Å². The Balaban J connectivity index is 1.39. The van der Waals surface area contributed by atoms with Crippen LogP contribution in [0.4, 0.5) is 11.4 Å². The van der Waals surface area contributed by atoms with Crippen LogP contribution in [-0.2, 0) is 17.9 Å².